The van der Waals surface area contributed by atoms with E-state index in [2.05, 4.69) is 71.1 Å². The molecule has 0 fully saturated rings. The van der Waals surface area contributed by atoms with Gasteiger partial charge in [-0.3, -0.25) is 0 Å². The molecule has 1 N–H and O–H groups in total. The lowest BCUT2D eigenvalue weighted by atomic mass is 9.91. The Labute approximate surface area is 113 Å². The van der Waals surface area contributed by atoms with Crippen LogP contribution in [-0.4, -0.2) is 6.04 Å². The topological polar surface area (TPSA) is 12.0 Å². The van der Waals surface area contributed by atoms with Crippen LogP contribution >= 0.6 is 0 Å². The van der Waals surface area contributed by atoms with Gasteiger partial charge in [-0.1, -0.05) is 58.9 Å². The molecule has 0 heterocycles. The Kier molecular flexibility index (Phi) is 5.87. The Morgan fingerprint density at radius 3 is 1.78 bits per heavy atom. The number of rotatable bonds is 6. The van der Waals surface area contributed by atoms with E-state index >= 15 is 0 Å². The SMILES string of the molecule is CCc1ccc(C(C)NC(C(C)C)C(C)C)cc1. The Morgan fingerprint density at radius 1 is 0.889 bits per heavy atom. The Hall–Kier alpha value is -0.820. The molecule has 0 saturated heterocycles. The molecular weight excluding hydrogens is 218 g/mol. The van der Waals surface area contributed by atoms with Crippen LogP contribution in [0.5, 0.6) is 0 Å². The van der Waals surface area contributed by atoms with Crippen molar-refractivity contribution in [2.75, 3.05) is 0 Å². The van der Waals surface area contributed by atoms with Gasteiger partial charge in [-0.15, -0.1) is 0 Å². The van der Waals surface area contributed by atoms with Crippen LogP contribution in [0.15, 0.2) is 24.3 Å². The summed E-state index contributed by atoms with van der Waals surface area (Å²) in [5.41, 5.74) is 2.80. The van der Waals surface area contributed by atoms with Crippen molar-refractivity contribution in [2.45, 2.75) is 60.0 Å². The number of hydrogen-bond acceptors (Lipinski definition) is 1. The summed E-state index contributed by atoms with van der Waals surface area (Å²) < 4.78 is 0. The lowest BCUT2D eigenvalue weighted by molar-refractivity contribution is 0.291. The van der Waals surface area contributed by atoms with Crippen molar-refractivity contribution in [3.63, 3.8) is 0 Å². The van der Waals surface area contributed by atoms with Gasteiger partial charge < -0.3 is 5.32 Å². The first-order chi connectivity index (χ1) is 8.45. The zero-order chi connectivity index (χ0) is 13.7. The van der Waals surface area contributed by atoms with Crippen LogP contribution in [0.3, 0.4) is 0 Å². The highest BCUT2D eigenvalue weighted by atomic mass is 15.0. The van der Waals surface area contributed by atoms with Gasteiger partial charge in [0.1, 0.15) is 0 Å². The van der Waals surface area contributed by atoms with Gasteiger partial charge in [0.15, 0.2) is 0 Å². The first kappa shape index (κ1) is 15.2. The van der Waals surface area contributed by atoms with Gasteiger partial charge in [0.05, 0.1) is 0 Å². The van der Waals surface area contributed by atoms with Crippen molar-refractivity contribution in [1.82, 2.24) is 5.32 Å². The quantitative estimate of drug-likeness (QED) is 0.776. The van der Waals surface area contributed by atoms with E-state index in [1.165, 1.54) is 11.1 Å². The maximum Gasteiger partial charge on any atom is 0.0294 e. The molecule has 0 aliphatic rings. The number of aryl methyl sites for hydroxylation is 1. The fourth-order valence-electron chi connectivity index (χ4n) is 2.58. The maximum atomic E-state index is 3.77. The lowest BCUT2D eigenvalue weighted by Gasteiger charge is -2.30. The van der Waals surface area contributed by atoms with Gasteiger partial charge >= 0.3 is 0 Å². The fraction of sp³-hybridized carbons (Fsp3) is 0.647. The minimum atomic E-state index is 0.422. The molecule has 0 aromatic heterocycles. The predicted molar refractivity (Wildman–Crippen MR) is 80.8 cm³/mol. The van der Waals surface area contributed by atoms with E-state index in [4.69, 9.17) is 0 Å². The minimum absolute atomic E-state index is 0.422. The third kappa shape index (κ3) is 4.13. The smallest absolute Gasteiger partial charge is 0.0294 e. The highest BCUT2D eigenvalue weighted by molar-refractivity contribution is 5.24. The molecule has 1 atom stereocenters. The normalized spacial score (nSPS) is 13.6. The molecule has 0 aliphatic carbocycles. The summed E-state index contributed by atoms with van der Waals surface area (Å²) >= 11 is 0. The van der Waals surface area contributed by atoms with Gasteiger partial charge in [-0.05, 0) is 36.3 Å². The van der Waals surface area contributed by atoms with E-state index in [0.717, 1.165) is 6.42 Å². The highest BCUT2D eigenvalue weighted by Crippen LogP contribution is 2.19. The van der Waals surface area contributed by atoms with E-state index in [1.807, 2.05) is 0 Å². The zero-order valence-electron chi connectivity index (χ0n) is 12.8. The van der Waals surface area contributed by atoms with Crippen molar-refractivity contribution in [3.8, 4) is 0 Å². The molecule has 1 unspecified atom stereocenters. The second-order valence-electron chi connectivity index (χ2n) is 6.00. The molecule has 0 radical (unpaired) electrons. The molecule has 1 heteroatoms. The van der Waals surface area contributed by atoms with Crippen LogP contribution in [0.4, 0.5) is 0 Å². The van der Waals surface area contributed by atoms with Crippen LogP contribution in [0.25, 0.3) is 0 Å². The van der Waals surface area contributed by atoms with E-state index in [-0.39, 0.29) is 0 Å². The minimum Gasteiger partial charge on any atom is -0.307 e. The second-order valence-corrected chi connectivity index (χ2v) is 6.00. The van der Waals surface area contributed by atoms with Crippen LogP contribution in [-0.2, 0) is 6.42 Å². The summed E-state index contributed by atoms with van der Waals surface area (Å²) in [7, 11) is 0. The van der Waals surface area contributed by atoms with Crippen molar-refractivity contribution in [2.24, 2.45) is 11.8 Å². The van der Waals surface area contributed by atoms with E-state index < -0.39 is 0 Å². The van der Waals surface area contributed by atoms with Crippen LogP contribution in [0.1, 0.15) is 58.7 Å². The number of nitrogens with one attached hydrogen (secondary N) is 1. The molecule has 0 aliphatic heterocycles. The standard InChI is InChI=1S/C17H29N/c1-7-15-8-10-16(11-9-15)14(6)18-17(12(2)3)13(4)5/h8-14,17-18H,7H2,1-6H3. The van der Waals surface area contributed by atoms with Gasteiger partial charge in [0.25, 0.3) is 0 Å². The summed E-state index contributed by atoms with van der Waals surface area (Å²) in [5.74, 6) is 1.34. The molecule has 102 valence electrons. The van der Waals surface area contributed by atoms with Crippen LogP contribution < -0.4 is 5.32 Å². The summed E-state index contributed by atoms with van der Waals surface area (Å²) in [6.45, 7) is 13.6. The van der Waals surface area contributed by atoms with Crippen molar-refractivity contribution in [1.29, 1.82) is 0 Å². The summed E-state index contributed by atoms with van der Waals surface area (Å²) in [5, 5.41) is 3.77. The van der Waals surface area contributed by atoms with E-state index in [9.17, 15) is 0 Å². The Balaban J connectivity index is 2.70. The molecule has 0 saturated carbocycles. The van der Waals surface area contributed by atoms with E-state index in [0.29, 0.717) is 23.9 Å². The predicted octanol–water partition coefficient (Wildman–Crippen LogP) is 4.58. The average Bonchev–Trinajstić information content (AvgIpc) is 2.35. The lowest BCUT2D eigenvalue weighted by Crippen LogP contribution is -2.39. The molecule has 1 aromatic rings. The third-order valence-electron chi connectivity index (χ3n) is 3.77. The molecule has 0 spiro atoms. The number of hydrogen-bond donors (Lipinski definition) is 1. The average molecular weight is 247 g/mol. The third-order valence-corrected chi connectivity index (χ3v) is 3.77. The van der Waals surface area contributed by atoms with E-state index in [1.54, 1.807) is 0 Å². The van der Waals surface area contributed by atoms with Crippen molar-refractivity contribution >= 4 is 0 Å². The fourth-order valence-corrected chi connectivity index (χ4v) is 2.58. The van der Waals surface area contributed by atoms with Gasteiger partial charge in [0.2, 0.25) is 0 Å². The molecular formula is C17H29N. The summed E-state index contributed by atoms with van der Waals surface area (Å²) in [6, 6.07) is 10.00. The van der Waals surface area contributed by atoms with Gasteiger partial charge in [0, 0.05) is 12.1 Å². The first-order valence-electron chi connectivity index (χ1n) is 7.30. The Morgan fingerprint density at radius 2 is 1.39 bits per heavy atom. The Bertz CT molecular complexity index is 329. The zero-order valence-corrected chi connectivity index (χ0v) is 12.8. The molecule has 1 aromatic carbocycles. The van der Waals surface area contributed by atoms with Crippen molar-refractivity contribution in [3.05, 3.63) is 35.4 Å². The van der Waals surface area contributed by atoms with Crippen LogP contribution in [0, 0.1) is 11.8 Å². The van der Waals surface area contributed by atoms with Crippen LogP contribution in [0.2, 0.25) is 0 Å². The molecule has 1 rings (SSSR count). The van der Waals surface area contributed by atoms with Crippen molar-refractivity contribution < 1.29 is 0 Å². The molecule has 0 amide bonds. The summed E-state index contributed by atoms with van der Waals surface area (Å²) in [4.78, 5) is 0. The summed E-state index contributed by atoms with van der Waals surface area (Å²) in [6.07, 6.45) is 1.11. The monoisotopic (exact) mass is 247 g/mol. The second kappa shape index (κ2) is 6.94. The molecule has 1 nitrogen and oxygen atoms in total. The first-order valence-corrected chi connectivity index (χ1v) is 7.30. The number of benzene rings is 1. The van der Waals surface area contributed by atoms with Gasteiger partial charge in [-0.25, -0.2) is 0 Å². The maximum absolute atomic E-state index is 3.77. The molecule has 0 bridgehead atoms. The molecule has 18 heavy (non-hydrogen) atoms. The van der Waals surface area contributed by atoms with Gasteiger partial charge in [-0.2, -0.15) is 0 Å². The largest absolute Gasteiger partial charge is 0.307 e. The highest BCUT2D eigenvalue weighted by Gasteiger charge is 2.19.